The molecule has 126 valence electrons. The molecule has 5 nitrogen and oxygen atoms in total. The van der Waals surface area contributed by atoms with E-state index in [9.17, 15) is 9.59 Å². The number of carbonyl (C=O) groups excluding carboxylic acids is 2. The van der Waals surface area contributed by atoms with Crippen LogP contribution in [0.1, 0.15) is 27.0 Å². The van der Waals surface area contributed by atoms with Crippen molar-refractivity contribution in [3.63, 3.8) is 0 Å². The van der Waals surface area contributed by atoms with Crippen molar-refractivity contribution in [1.82, 2.24) is 0 Å². The van der Waals surface area contributed by atoms with Crippen molar-refractivity contribution in [2.45, 2.75) is 20.8 Å². The average Bonchev–Trinajstić information content (AvgIpc) is 2.56. The Morgan fingerprint density at radius 3 is 2.38 bits per heavy atom. The first kappa shape index (κ1) is 17.5. The zero-order valence-electron chi connectivity index (χ0n) is 14.3. The highest BCUT2D eigenvalue weighted by molar-refractivity contribution is 5.97. The molecule has 0 heterocycles. The minimum absolute atomic E-state index is 0.303. The molecule has 0 unspecified atom stereocenters. The minimum Gasteiger partial charge on any atom is -0.496 e. The zero-order chi connectivity index (χ0) is 17.7. The number of anilines is 1. The number of benzene rings is 2. The van der Waals surface area contributed by atoms with Crippen LogP contribution in [0.25, 0.3) is 0 Å². The fourth-order valence-electron chi connectivity index (χ4n) is 2.25. The van der Waals surface area contributed by atoms with Gasteiger partial charge in [-0.15, -0.1) is 0 Å². The van der Waals surface area contributed by atoms with Gasteiger partial charge in [-0.25, -0.2) is 4.79 Å². The number of aryl methyl sites for hydroxylation is 3. The first-order valence-electron chi connectivity index (χ1n) is 7.59. The molecule has 2 aromatic carbocycles. The summed E-state index contributed by atoms with van der Waals surface area (Å²) < 4.78 is 10.3. The van der Waals surface area contributed by atoms with Gasteiger partial charge in [0.25, 0.3) is 5.91 Å². The Balaban J connectivity index is 2.00. The first-order chi connectivity index (χ1) is 11.4. The maximum atomic E-state index is 12.2. The summed E-state index contributed by atoms with van der Waals surface area (Å²) >= 11 is 0. The topological polar surface area (TPSA) is 64.6 Å². The van der Waals surface area contributed by atoms with E-state index in [1.54, 1.807) is 12.1 Å². The Kier molecular flexibility index (Phi) is 5.58. The molecule has 0 saturated carbocycles. The maximum absolute atomic E-state index is 12.2. The molecular weight excluding hydrogens is 306 g/mol. The molecule has 0 atom stereocenters. The van der Waals surface area contributed by atoms with Gasteiger partial charge >= 0.3 is 5.97 Å². The van der Waals surface area contributed by atoms with Crippen LogP contribution in [0.3, 0.4) is 0 Å². The van der Waals surface area contributed by atoms with Crippen LogP contribution >= 0.6 is 0 Å². The van der Waals surface area contributed by atoms with Crippen molar-refractivity contribution in [3.8, 4) is 5.75 Å². The number of carbonyl (C=O) groups is 2. The van der Waals surface area contributed by atoms with Crippen molar-refractivity contribution < 1.29 is 19.1 Å². The van der Waals surface area contributed by atoms with Crippen LogP contribution in [0.2, 0.25) is 0 Å². The van der Waals surface area contributed by atoms with Crippen molar-refractivity contribution in [2.75, 3.05) is 19.0 Å². The van der Waals surface area contributed by atoms with Crippen molar-refractivity contribution in [2.24, 2.45) is 0 Å². The molecule has 0 radical (unpaired) electrons. The summed E-state index contributed by atoms with van der Waals surface area (Å²) in [5, 5.41) is 2.75. The lowest BCUT2D eigenvalue weighted by Gasteiger charge is -2.11. The number of methoxy groups -OCH3 is 1. The van der Waals surface area contributed by atoms with E-state index in [-0.39, 0.29) is 12.5 Å². The van der Waals surface area contributed by atoms with Crippen molar-refractivity contribution in [3.05, 3.63) is 58.7 Å². The summed E-state index contributed by atoms with van der Waals surface area (Å²) in [6.07, 6.45) is 0. The van der Waals surface area contributed by atoms with E-state index < -0.39 is 5.97 Å². The van der Waals surface area contributed by atoms with E-state index >= 15 is 0 Å². The molecule has 0 fully saturated rings. The summed E-state index contributed by atoms with van der Waals surface area (Å²) in [5.41, 5.74) is 3.90. The van der Waals surface area contributed by atoms with Crippen LogP contribution in [0.15, 0.2) is 36.4 Å². The van der Waals surface area contributed by atoms with Gasteiger partial charge in [-0.05, 0) is 50.1 Å². The van der Waals surface area contributed by atoms with Gasteiger partial charge in [0.05, 0.1) is 7.11 Å². The van der Waals surface area contributed by atoms with Crippen molar-refractivity contribution >= 4 is 17.6 Å². The molecule has 0 aliphatic carbocycles. The molecule has 2 rings (SSSR count). The number of ether oxygens (including phenoxy) is 2. The number of hydrogen-bond donors (Lipinski definition) is 1. The normalized spacial score (nSPS) is 10.2. The second-order valence-electron chi connectivity index (χ2n) is 5.65. The summed E-state index contributed by atoms with van der Waals surface area (Å²) in [4.78, 5) is 24.2. The molecule has 1 amide bonds. The van der Waals surface area contributed by atoms with Gasteiger partial charge in [0.2, 0.25) is 0 Å². The van der Waals surface area contributed by atoms with Crippen LogP contribution in [-0.4, -0.2) is 25.6 Å². The lowest BCUT2D eigenvalue weighted by atomic mass is 10.1. The molecule has 0 bridgehead atoms. The molecular formula is C19H21NO4. The number of rotatable bonds is 5. The summed E-state index contributed by atoms with van der Waals surface area (Å²) in [5.74, 6) is -0.559. The zero-order valence-corrected chi connectivity index (χ0v) is 14.3. The third-order valence-corrected chi connectivity index (χ3v) is 3.58. The summed E-state index contributed by atoms with van der Waals surface area (Å²) in [6.45, 7) is 5.35. The average molecular weight is 327 g/mol. The summed E-state index contributed by atoms with van der Waals surface area (Å²) in [6, 6.07) is 11.0. The van der Waals surface area contributed by atoms with Crippen LogP contribution in [0, 0.1) is 20.8 Å². The quantitative estimate of drug-likeness (QED) is 0.855. The second-order valence-corrected chi connectivity index (χ2v) is 5.65. The minimum atomic E-state index is -0.591. The molecule has 2 aromatic rings. The summed E-state index contributed by atoms with van der Waals surface area (Å²) in [7, 11) is 1.48. The van der Waals surface area contributed by atoms with Gasteiger partial charge in [0.15, 0.2) is 6.61 Å². The Morgan fingerprint density at radius 2 is 1.67 bits per heavy atom. The highest BCUT2D eigenvalue weighted by Gasteiger charge is 2.16. The van der Waals surface area contributed by atoms with E-state index in [2.05, 4.69) is 5.32 Å². The van der Waals surface area contributed by atoms with E-state index in [0.717, 1.165) is 16.7 Å². The predicted molar refractivity (Wildman–Crippen MR) is 92.6 cm³/mol. The van der Waals surface area contributed by atoms with Crippen LogP contribution in [0.4, 0.5) is 5.69 Å². The highest BCUT2D eigenvalue weighted by Crippen LogP contribution is 2.21. The maximum Gasteiger partial charge on any atom is 0.342 e. The second kappa shape index (κ2) is 7.64. The standard InChI is InChI=1S/C19H21NO4/c1-12-6-8-17(23-4)15(9-12)19(22)24-11-18(21)20-16-10-13(2)5-7-14(16)3/h5-10H,11H2,1-4H3,(H,20,21). The third-order valence-electron chi connectivity index (χ3n) is 3.58. The van der Waals surface area contributed by atoms with Crippen LogP contribution in [-0.2, 0) is 9.53 Å². The highest BCUT2D eigenvalue weighted by atomic mass is 16.5. The Bertz CT molecular complexity index is 768. The van der Waals surface area contributed by atoms with E-state index in [0.29, 0.717) is 17.0 Å². The number of esters is 1. The van der Waals surface area contributed by atoms with E-state index in [1.807, 2.05) is 45.0 Å². The third kappa shape index (κ3) is 4.35. The van der Waals surface area contributed by atoms with Gasteiger partial charge in [0.1, 0.15) is 11.3 Å². The lowest BCUT2D eigenvalue weighted by Crippen LogP contribution is -2.21. The van der Waals surface area contributed by atoms with E-state index in [1.165, 1.54) is 7.11 Å². The fraction of sp³-hybridized carbons (Fsp3) is 0.263. The van der Waals surface area contributed by atoms with Gasteiger partial charge in [-0.2, -0.15) is 0 Å². The number of amides is 1. The molecule has 0 spiro atoms. The Hall–Kier alpha value is -2.82. The van der Waals surface area contributed by atoms with Gasteiger partial charge in [-0.3, -0.25) is 4.79 Å². The molecule has 0 saturated heterocycles. The van der Waals surface area contributed by atoms with Gasteiger partial charge in [-0.1, -0.05) is 23.8 Å². The number of nitrogens with one attached hydrogen (secondary N) is 1. The first-order valence-corrected chi connectivity index (χ1v) is 7.59. The van der Waals surface area contributed by atoms with Crippen LogP contribution in [0.5, 0.6) is 5.75 Å². The predicted octanol–water partition coefficient (Wildman–Crippen LogP) is 3.42. The Morgan fingerprint density at radius 1 is 1.00 bits per heavy atom. The van der Waals surface area contributed by atoms with E-state index in [4.69, 9.17) is 9.47 Å². The monoisotopic (exact) mass is 327 g/mol. The van der Waals surface area contributed by atoms with Gasteiger partial charge < -0.3 is 14.8 Å². The molecule has 0 aromatic heterocycles. The van der Waals surface area contributed by atoms with Crippen LogP contribution < -0.4 is 10.1 Å². The van der Waals surface area contributed by atoms with Gasteiger partial charge in [0, 0.05) is 5.69 Å². The molecule has 24 heavy (non-hydrogen) atoms. The molecule has 0 aliphatic rings. The van der Waals surface area contributed by atoms with Crippen molar-refractivity contribution in [1.29, 1.82) is 0 Å². The smallest absolute Gasteiger partial charge is 0.342 e. The molecule has 1 N–H and O–H groups in total. The lowest BCUT2D eigenvalue weighted by molar-refractivity contribution is -0.119. The number of hydrogen-bond acceptors (Lipinski definition) is 4. The SMILES string of the molecule is COc1ccc(C)cc1C(=O)OCC(=O)Nc1cc(C)ccc1C. The fourth-order valence-corrected chi connectivity index (χ4v) is 2.25. The largest absolute Gasteiger partial charge is 0.496 e. The molecule has 5 heteroatoms. The Labute approximate surface area is 141 Å². The molecule has 0 aliphatic heterocycles.